The third kappa shape index (κ3) is 8.26. The number of rotatable bonds is 10. The Morgan fingerprint density at radius 1 is 0.609 bits per heavy atom. The van der Waals surface area contributed by atoms with Crippen LogP contribution in [0.1, 0.15) is 106 Å². The van der Waals surface area contributed by atoms with Crippen molar-refractivity contribution in [2.24, 2.45) is 50.2 Å². The fourth-order valence-corrected chi connectivity index (χ4v) is 15.3. The number of aliphatic hydroxyl groups excluding tert-OH is 11. The number of aliphatic hydroxyl groups is 11. The predicted molar refractivity (Wildman–Crippen MR) is 237 cm³/mol. The van der Waals surface area contributed by atoms with E-state index in [2.05, 4.69) is 40.7 Å². The highest BCUT2D eigenvalue weighted by Gasteiger charge is 2.71. The molecule has 3 saturated heterocycles. The maximum absolute atomic E-state index is 14.8. The Morgan fingerprint density at radius 2 is 1.16 bits per heavy atom. The van der Waals surface area contributed by atoms with Gasteiger partial charge in [-0.1, -0.05) is 46.3 Å². The molecule has 20 heteroatoms. The molecule has 4 saturated carbocycles. The Hall–Kier alpha value is -1.96. The second-order valence-electron chi connectivity index (χ2n) is 23.4. The summed E-state index contributed by atoms with van der Waals surface area (Å²) in [5.74, 6) is -1.18. The molecule has 394 valence electrons. The van der Waals surface area contributed by atoms with Crippen LogP contribution in [0.5, 0.6) is 0 Å². The zero-order valence-corrected chi connectivity index (χ0v) is 40.8. The van der Waals surface area contributed by atoms with Crippen LogP contribution in [0.4, 0.5) is 0 Å². The quantitative estimate of drug-likeness (QED) is 0.0732. The lowest BCUT2D eigenvalue weighted by molar-refractivity contribution is -0.369. The Labute approximate surface area is 402 Å². The van der Waals surface area contributed by atoms with Crippen LogP contribution in [-0.4, -0.2) is 193 Å². The van der Waals surface area contributed by atoms with E-state index in [9.17, 15) is 65.8 Å². The molecule has 0 bridgehead atoms. The Morgan fingerprint density at radius 3 is 1.75 bits per heavy atom. The number of hydrogen-bond acceptors (Lipinski definition) is 20. The SMILES string of the molecule is COC(=O)[C@@]1(C)CC[C@]2(C(=O)O[C@@H]3O[C@H](CO)[C@@H](O)[C@H](O)[C@H]3O)CC[C@]3(C)C(=CC[C@H]4[C@@]5(C)CC[C@H](O[C@@H]6O[C@H](CO)[C@@H](O)[C@H](O[C@@H]7O[C@H](CO)[C@H](O)[C@H](O)[C@H]7O)[C@H]6O)C(C)(C)[C@H]5CC[C@]43C)[C@H]2C1. The molecule has 11 N–H and O–H groups in total. The molecule has 7 fully saturated rings. The first-order chi connectivity index (χ1) is 32.3. The lowest BCUT2D eigenvalue weighted by Gasteiger charge is -2.71. The van der Waals surface area contributed by atoms with Crippen molar-refractivity contribution in [3.63, 3.8) is 0 Å². The Kier molecular flexibility index (Phi) is 14.7. The summed E-state index contributed by atoms with van der Waals surface area (Å²) in [6, 6.07) is 0. The van der Waals surface area contributed by atoms with Crippen molar-refractivity contribution in [3.05, 3.63) is 11.6 Å². The number of fused-ring (bicyclic) bond motifs is 7. The second-order valence-corrected chi connectivity index (χ2v) is 23.4. The van der Waals surface area contributed by atoms with Crippen LogP contribution in [-0.2, 0) is 42.7 Å². The van der Waals surface area contributed by atoms with Gasteiger partial charge in [0.2, 0.25) is 6.29 Å². The van der Waals surface area contributed by atoms with E-state index in [1.54, 1.807) is 0 Å². The van der Waals surface area contributed by atoms with Crippen molar-refractivity contribution in [1.82, 2.24) is 0 Å². The molecule has 20 nitrogen and oxygen atoms in total. The molecule has 3 heterocycles. The monoisotopic (exact) mass is 987 g/mol. The molecule has 0 aromatic rings. The second kappa shape index (κ2) is 19.1. The predicted octanol–water partition coefficient (Wildman–Crippen LogP) is -0.706. The van der Waals surface area contributed by atoms with Gasteiger partial charge in [-0.2, -0.15) is 0 Å². The third-order valence-electron chi connectivity index (χ3n) is 19.8. The van der Waals surface area contributed by atoms with Crippen LogP contribution in [0.25, 0.3) is 0 Å². The van der Waals surface area contributed by atoms with Crippen molar-refractivity contribution >= 4 is 11.9 Å². The van der Waals surface area contributed by atoms with E-state index >= 15 is 0 Å². The first-order valence-electron chi connectivity index (χ1n) is 24.9. The molecule has 5 aliphatic carbocycles. The van der Waals surface area contributed by atoms with Crippen LogP contribution in [0.2, 0.25) is 0 Å². The Balaban J connectivity index is 1.04. The van der Waals surface area contributed by atoms with Crippen LogP contribution < -0.4 is 0 Å². The van der Waals surface area contributed by atoms with Crippen LogP contribution in [0.3, 0.4) is 0 Å². The average Bonchev–Trinajstić information content (AvgIpc) is 3.31. The average molecular weight is 987 g/mol. The van der Waals surface area contributed by atoms with Gasteiger partial charge in [-0.25, -0.2) is 0 Å². The molecule has 0 aromatic heterocycles. The molecule has 0 spiro atoms. The number of hydrogen-bond donors (Lipinski definition) is 11. The van der Waals surface area contributed by atoms with Crippen LogP contribution >= 0.6 is 0 Å². The van der Waals surface area contributed by atoms with Crippen LogP contribution in [0, 0.1) is 50.2 Å². The van der Waals surface area contributed by atoms with Gasteiger partial charge in [0, 0.05) is 0 Å². The van der Waals surface area contributed by atoms with Crippen molar-refractivity contribution in [3.8, 4) is 0 Å². The smallest absolute Gasteiger partial charge is 0.315 e. The number of ether oxygens (including phenoxy) is 7. The van der Waals surface area contributed by atoms with Gasteiger partial charge in [0.25, 0.3) is 0 Å². The number of allylic oxidation sites excluding steroid dienone is 2. The van der Waals surface area contributed by atoms with Crippen molar-refractivity contribution in [2.45, 2.75) is 204 Å². The van der Waals surface area contributed by atoms with Gasteiger partial charge >= 0.3 is 11.9 Å². The lowest BCUT2D eigenvalue weighted by Crippen LogP contribution is -2.67. The molecular weight excluding hydrogens is 909 g/mol. The van der Waals surface area contributed by atoms with E-state index in [4.69, 9.17) is 33.2 Å². The molecule has 0 amide bonds. The lowest BCUT2D eigenvalue weighted by atomic mass is 9.33. The number of carbonyl (C=O) groups excluding carboxylic acids is 2. The molecule has 8 aliphatic rings. The fourth-order valence-electron chi connectivity index (χ4n) is 15.3. The molecule has 69 heavy (non-hydrogen) atoms. The molecule has 0 radical (unpaired) electrons. The summed E-state index contributed by atoms with van der Waals surface area (Å²) in [7, 11) is 1.36. The topological polar surface area (TPSA) is 321 Å². The van der Waals surface area contributed by atoms with E-state index in [1.165, 1.54) is 7.11 Å². The van der Waals surface area contributed by atoms with E-state index in [0.717, 1.165) is 24.8 Å². The van der Waals surface area contributed by atoms with Gasteiger partial charge in [0.15, 0.2) is 12.6 Å². The summed E-state index contributed by atoms with van der Waals surface area (Å²) in [6.07, 6.45) is -16.3. The van der Waals surface area contributed by atoms with E-state index in [0.29, 0.717) is 44.9 Å². The molecule has 24 atom stereocenters. The van der Waals surface area contributed by atoms with Gasteiger partial charge in [-0.05, 0) is 111 Å². The first-order valence-corrected chi connectivity index (χ1v) is 24.9. The standard InChI is InChI=1S/C49H78O20/c1-44(2)27-10-13-48(6)28(46(27,4)12-11-29(44)67-41-37(60)38(32(55)26(21-52)66-41)68-39-35(58)33(56)30(53)24(19-50)64-39)9-8-22-23-18-45(3,42(61)63-7)14-16-49(23,17-15-47(22,48)5)43(62)69-40-36(59)34(57)31(54)25(20-51)65-40/h8,23-41,50-60H,9-21H2,1-7H3/t23-,24-,25-,26-,27-,28+,29+,30+,31-,32-,33+,34+,35-,36-,37-,38+,39+,40+,41+,45+,46+,47-,48-,49+/m1/s1. The number of esters is 2. The van der Waals surface area contributed by atoms with Gasteiger partial charge in [0.05, 0.1) is 43.9 Å². The summed E-state index contributed by atoms with van der Waals surface area (Å²) in [6.45, 7) is 11.1. The Bertz CT molecular complexity index is 1910. The summed E-state index contributed by atoms with van der Waals surface area (Å²) in [5, 5.41) is 116. The number of methoxy groups -OCH3 is 1. The zero-order chi connectivity index (χ0) is 50.6. The highest BCUT2D eigenvalue weighted by molar-refractivity contribution is 5.81. The normalized spacial score (nSPS) is 52.8. The minimum Gasteiger partial charge on any atom is -0.469 e. The van der Waals surface area contributed by atoms with Gasteiger partial charge < -0.3 is 89.3 Å². The highest BCUT2D eigenvalue weighted by atomic mass is 16.7. The van der Waals surface area contributed by atoms with Crippen molar-refractivity contribution in [1.29, 1.82) is 0 Å². The molecule has 0 aromatic carbocycles. The number of carbonyl (C=O) groups is 2. The van der Waals surface area contributed by atoms with Gasteiger partial charge in [-0.15, -0.1) is 0 Å². The highest BCUT2D eigenvalue weighted by Crippen LogP contribution is 2.76. The summed E-state index contributed by atoms with van der Waals surface area (Å²) < 4.78 is 41.0. The largest absolute Gasteiger partial charge is 0.469 e. The summed E-state index contributed by atoms with van der Waals surface area (Å²) in [4.78, 5) is 28.3. The molecular formula is C49H78O20. The first kappa shape index (κ1) is 53.3. The van der Waals surface area contributed by atoms with Crippen molar-refractivity contribution < 1.29 is 98.9 Å². The molecule has 0 unspecified atom stereocenters. The zero-order valence-electron chi connectivity index (χ0n) is 40.8. The molecule has 8 rings (SSSR count). The third-order valence-corrected chi connectivity index (χ3v) is 19.8. The van der Waals surface area contributed by atoms with E-state index in [1.807, 2.05) is 6.92 Å². The maximum atomic E-state index is 14.8. The minimum atomic E-state index is -1.81. The van der Waals surface area contributed by atoms with E-state index < -0.39 is 152 Å². The van der Waals surface area contributed by atoms with Crippen LogP contribution in [0.15, 0.2) is 11.6 Å². The van der Waals surface area contributed by atoms with Crippen molar-refractivity contribution in [2.75, 3.05) is 26.9 Å². The minimum absolute atomic E-state index is 0.106. The fraction of sp³-hybridized carbons (Fsp3) is 0.918. The van der Waals surface area contributed by atoms with E-state index in [-0.39, 0.29) is 28.6 Å². The maximum Gasteiger partial charge on any atom is 0.315 e. The van der Waals surface area contributed by atoms with Gasteiger partial charge in [-0.3, -0.25) is 9.59 Å². The van der Waals surface area contributed by atoms with Gasteiger partial charge in [0.1, 0.15) is 73.2 Å². The summed E-state index contributed by atoms with van der Waals surface area (Å²) in [5.41, 5.74) is -2.38. The molecule has 3 aliphatic heterocycles. The summed E-state index contributed by atoms with van der Waals surface area (Å²) >= 11 is 0.